The molecule has 6 heteroatoms. The van der Waals surface area contributed by atoms with Gasteiger partial charge in [0, 0.05) is 22.7 Å². The molecule has 0 saturated carbocycles. The van der Waals surface area contributed by atoms with E-state index in [1.54, 1.807) is 0 Å². The van der Waals surface area contributed by atoms with Crippen LogP contribution in [0.4, 0.5) is 5.69 Å². The zero-order valence-corrected chi connectivity index (χ0v) is 20.9. The molecular formula is C31H29N5O. The lowest BCUT2D eigenvalue weighted by Gasteiger charge is -2.37. The summed E-state index contributed by atoms with van der Waals surface area (Å²) in [4.78, 5) is 20.0. The van der Waals surface area contributed by atoms with Crippen molar-refractivity contribution in [3.05, 3.63) is 90.3 Å². The molecule has 2 aliphatic heterocycles. The Balaban J connectivity index is 1.21. The summed E-state index contributed by atoms with van der Waals surface area (Å²) in [7, 11) is 0. The molecule has 2 aliphatic rings. The van der Waals surface area contributed by atoms with Gasteiger partial charge in [-0.3, -0.25) is 14.5 Å². The molecule has 0 unspecified atom stereocenters. The lowest BCUT2D eigenvalue weighted by atomic mass is 9.73. The van der Waals surface area contributed by atoms with Crippen molar-refractivity contribution < 1.29 is 4.79 Å². The number of amides is 1. The van der Waals surface area contributed by atoms with Crippen molar-refractivity contribution in [2.45, 2.75) is 31.7 Å². The van der Waals surface area contributed by atoms with Gasteiger partial charge in [0.2, 0.25) is 5.91 Å². The van der Waals surface area contributed by atoms with Crippen molar-refractivity contribution in [1.82, 2.24) is 19.7 Å². The van der Waals surface area contributed by atoms with Crippen LogP contribution < -0.4 is 5.32 Å². The lowest BCUT2D eigenvalue weighted by Crippen LogP contribution is -2.46. The fourth-order valence-corrected chi connectivity index (χ4v) is 6.13. The Kier molecular flexibility index (Phi) is 5.11. The highest BCUT2D eigenvalue weighted by molar-refractivity contribution is 6.07. The average molecular weight is 488 g/mol. The molecule has 0 bridgehead atoms. The summed E-state index contributed by atoms with van der Waals surface area (Å²) in [6.07, 6.45) is 5.52. The van der Waals surface area contributed by atoms with E-state index in [9.17, 15) is 4.79 Å². The summed E-state index contributed by atoms with van der Waals surface area (Å²) in [5.41, 5.74) is 7.26. The van der Waals surface area contributed by atoms with Gasteiger partial charge >= 0.3 is 0 Å². The Morgan fingerprint density at radius 3 is 2.65 bits per heavy atom. The predicted molar refractivity (Wildman–Crippen MR) is 148 cm³/mol. The number of nitrogens with one attached hydrogen (secondary N) is 1. The molecule has 0 radical (unpaired) electrons. The highest BCUT2D eigenvalue weighted by Gasteiger charge is 2.48. The number of rotatable bonds is 4. The number of likely N-dealkylation sites (tertiary alicyclic amines) is 1. The molecule has 4 heterocycles. The first-order chi connectivity index (χ1) is 18.1. The summed E-state index contributed by atoms with van der Waals surface area (Å²) in [5, 5.41) is 10.1. The van der Waals surface area contributed by atoms with E-state index in [4.69, 9.17) is 0 Å². The first-order valence-electron chi connectivity index (χ1n) is 13.1. The molecule has 5 aromatic rings. The second kappa shape index (κ2) is 8.53. The van der Waals surface area contributed by atoms with Crippen LogP contribution in [0.2, 0.25) is 0 Å². The highest BCUT2D eigenvalue weighted by Crippen LogP contribution is 2.46. The number of piperidine rings is 1. The molecule has 1 amide bonds. The second-order valence-corrected chi connectivity index (χ2v) is 10.3. The van der Waals surface area contributed by atoms with Crippen LogP contribution in [0.1, 0.15) is 30.9 Å². The van der Waals surface area contributed by atoms with Crippen molar-refractivity contribution in [2.75, 3.05) is 25.0 Å². The van der Waals surface area contributed by atoms with E-state index < -0.39 is 0 Å². The van der Waals surface area contributed by atoms with E-state index in [0.29, 0.717) is 6.54 Å². The third-order valence-corrected chi connectivity index (χ3v) is 8.35. The van der Waals surface area contributed by atoms with Crippen LogP contribution in [0.15, 0.2) is 79.1 Å². The molecule has 37 heavy (non-hydrogen) atoms. The Morgan fingerprint density at radius 1 is 0.946 bits per heavy atom. The third-order valence-electron chi connectivity index (χ3n) is 8.35. The van der Waals surface area contributed by atoms with Crippen molar-refractivity contribution in [3.63, 3.8) is 0 Å². The summed E-state index contributed by atoms with van der Waals surface area (Å²) in [6, 6.07) is 23.4. The number of carbonyl (C=O) groups excluding carboxylic acids is 1. The van der Waals surface area contributed by atoms with E-state index in [1.165, 1.54) is 5.56 Å². The third kappa shape index (κ3) is 3.63. The molecule has 0 aliphatic carbocycles. The zero-order valence-electron chi connectivity index (χ0n) is 20.9. The van der Waals surface area contributed by atoms with E-state index in [1.807, 2.05) is 18.5 Å². The van der Waals surface area contributed by atoms with Crippen molar-refractivity contribution >= 4 is 33.4 Å². The molecule has 1 saturated heterocycles. The van der Waals surface area contributed by atoms with E-state index in [-0.39, 0.29) is 11.3 Å². The molecule has 7 rings (SSSR count). The topological polar surface area (TPSA) is 63.1 Å². The molecule has 0 atom stereocenters. The van der Waals surface area contributed by atoms with Gasteiger partial charge in [-0.05, 0) is 85.1 Å². The van der Waals surface area contributed by atoms with E-state index in [0.717, 1.165) is 76.7 Å². The van der Waals surface area contributed by atoms with Gasteiger partial charge in [0.1, 0.15) is 0 Å². The van der Waals surface area contributed by atoms with Crippen molar-refractivity contribution in [2.24, 2.45) is 0 Å². The maximum atomic E-state index is 13.1. The maximum Gasteiger partial charge on any atom is 0.235 e. The minimum absolute atomic E-state index is 0.162. The molecule has 1 N–H and O–H groups in total. The van der Waals surface area contributed by atoms with Gasteiger partial charge in [0.05, 0.1) is 29.2 Å². The number of nitrogens with zero attached hydrogens (tertiary/aromatic N) is 4. The number of aromatic nitrogens is 3. The Bertz CT molecular complexity index is 1660. The summed E-state index contributed by atoms with van der Waals surface area (Å²) in [5.74, 6) is 0.162. The van der Waals surface area contributed by atoms with E-state index in [2.05, 4.69) is 92.6 Å². The highest BCUT2D eigenvalue weighted by atomic mass is 16.2. The van der Waals surface area contributed by atoms with Gasteiger partial charge in [0.25, 0.3) is 0 Å². The fraction of sp³-hybridized carbons (Fsp3) is 0.258. The summed E-state index contributed by atoms with van der Waals surface area (Å²) >= 11 is 0. The first-order valence-corrected chi connectivity index (χ1v) is 13.1. The van der Waals surface area contributed by atoms with Crippen LogP contribution in [0.3, 0.4) is 0 Å². The van der Waals surface area contributed by atoms with Gasteiger partial charge in [-0.15, -0.1) is 0 Å². The number of anilines is 1. The molecule has 184 valence electrons. The molecule has 2 aromatic heterocycles. The van der Waals surface area contributed by atoms with Crippen LogP contribution >= 0.6 is 0 Å². The standard InChI is InChI=1S/C31H29N5O/c1-2-35-14-11-31(12-15-35)26-9-8-22(17-28(26)34-30(31)37)23-6-7-25-19-33-36(29(25)18-23)20-21-5-10-27-24(16-21)4-3-13-32-27/h3-10,13,16-19H,2,11-12,14-15,20H2,1H3,(H,34,37). The van der Waals surface area contributed by atoms with Crippen LogP contribution in [0.25, 0.3) is 32.9 Å². The molecule has 6 nitrogen and oxygen atoms in total. The molecule has 1 fully saturated rings. The predicted octanol–water partition coefficient (Wildman–Crippen LogP) is 5.61. The molecule has 1 spiro atoms. The zero-order chi connectivity index (χ0) is 25.0. The lowest BCUT2D eigenvalue weighted by molar-refractivity contribution is -0.122. The van der Waals surface area contributed by atoms with Gasteiger partial charge in [-0.1, -0.05) is 43.3 Å². The van der Waals surface area contributed by atoms with Crippen LogP contribution in [0.5, 0.6) is 0 Å². The number of fused-ring (bicyclic) bond motifs is 4. The monoisotopic (exact) mass is 487 g/mol. The number of hydrogen-bond acceptors (Lipinski definition) is 4. The van der Waals surface area contributed by atoms with Crippen LogP contribution in [0, 0.1) is 0 Å². The van der Waals surface area contributed by atoms with E-state index >= 15 is 0 Å². The number of benzene rings is 3. The smallest absolute Gasteiger partial charge is 0.235 e. The Morgan fingerprint density at radius 2 is 1.78 bits per heavy atom. The second-order valence-electron chi connectivity index (χ2n) is 10.3. The minimum Gasteiger partial charge on any atom is -0.325 e. The molecule has 3 aromatic carbocycles. The first kappa shape index (κ1) is 22.2. The number of pyridine rings is 1. The number of hydrogen-bond donors (Lipinski definition) is 1. The van der Waals surface area contributed by atoms with Crippen LogP contribution in [-0.4, -0.2) is 45.2 Å². The fourth-order valence-electron chi connectivity index (χ4n) is 6.13. The van der Waals surface area contributed by atoms with Gasteiger partial charge in [-0.2, -0.15) is 5.10 Å². The van der Waals surface area contributed by atoms with Crippen molar-refractivity contribution in [1.29, 1.82) is 0 Å². The Labute approximate surface area is 215 Å². The molecular weight excluding hydrogens is 458 g/mol. The largest absolute Gasteiger partial charge is 0.325 e. The summed E-state index contributed by atoms with van der Waals surface area (Å²) < 4.78 is 2.06. The quantitative estimate of drug-likeness (QED) is 0.358. The maximum absolute atomic E-state index is 13.1. The normalized spacial score (nSPS) is 16.9. The van der Waals surface area contributed by atoms with Gasteiger partial charge < -0.3 is 10.2 Å². The van der Waals surface area contributed by atoms with Gasteiger partial charge in [0.15, 0.2) is 0 Å². The van der Waals surface area contributed by atoms with Crippen LogP contribution in [-0.2, 0) is 16.8 Å². The summed E-state index contributed by atoms with van der Waals surface area (Å²) in [6.45, 7) is 5.87. The average Bonchev–Trinajstić information content (AvgIpc) is 3.46. The SMILES string of the molecule is CCN1CCC2(CC1)C(=O)Nc1cc(-c3ccc4cnn(Cc5ccc6ncccc6c5)c4c3)ccc12. The Hall–Kier alpha value is -4.03. The minimum atomic E-state index is -0.377. The number of carbonyl (C=O) groups is 1. The van der Waals surface area contributed by atoms with Crippen molar-refractivity contribution in [3.8, 4) is 11.1 Å². The van der Waals surface area contributed by atoms with Gasteiger partial charge in [-0.25, -0.2) is 0 Å².